The molecule has 3 atom stereocenters. The van der Waals surface area contributed by atoms with Gasteiger partial charge < -0.3 is 10.5 Å². The Morgan fingerprint density at radius 1 is 1.19 bits per heavy atom. The van der Waals surface area contributed by atoms with Crippen molar-refractivity contribution in [1.82, 2.24) is 5.06 Å². The average Bonchev–Trinajstić information content (AvgIpc) is 3.28. The van der Waals surface area contributed by atoms with Crippen LogP contribution in [-0.4, -0.2) is 23.7 Å². The van der Waals surface area contributed by atoms with E-state index >= 15 is 0 Å². The molecule has 3 aliphatic rings. The molecule has 2 aromatic carbocycles. The number of benzene rings is 2. The van der Waals surface area contributed by atoms with E-state index in [1.54, 1.807) is 12.1 Å². The Balaban J connectivity index is 1.60. The summed E-state index contributed by atoms with van der Waals surface area (Å²) in [6.45, 7) is 6.92. The molecule has 0 amide bonds. The lowest BCUT2D eigenvalue weighted by Crippen LogP contribution is -2.47. The molecular formula is C26H30N4O2. The largest absolute Gasteiger partial charge is 0.487 e. The van der Waals surface area contributed by atoms with Crippen molar-refractivity contribution in [3.8, 4) is 22.9 Å². The monoisotopic (exact) mass is 430 g/mol. The smallest absolute Gasteiger partial charge is 0.222 e. The van der Waals surface area contributed by atoms with Gasteiger partial charge in [0.15, 0.2) is 0 Å². The molecule has 1 saturated carbocycles. The van der Waals surface area contributed by atoms with Crippen molar-refractivity contribution in [1.29, 1.82) is 5.26 Å². The minimum atomic E-state index is -0.901. The predicted molar refractivity (Wildman–Crippen MR) is 124 cm³/mol. The van der Waals surface area contributed by atoms with Gasteiger partial charge in [0.1, 0.15) is 11.4 Å². The number of ether oxygens (including phenoxy) is 1. The number of guanidine groups is 1. The molecule has 6 nitrogen and oxygen atoms in total. The fraction of sp³-hybridized carbons (Fsp3) is 0.462. The molecular weight excluding hydrogens is 400 g/mol. The van der Waals surface area contributed by atoms with Gasteiger partial charge in [-0.3, -0.25) is 0 Å². The second kappa shape index (κ2) is 6.98. The lowest BCUT2D eigenvalue weighted by atomic mass is 9.77. The Hall–Kier alpha value is -3.04. The second-order valence-corrected chi connectivity index (χ2v) is 10.5. The molecule has 2 heterocycles. The molecule has 1 fully saturated rings. The lowest BCUT2D eigenvalue weighted by molar-refractivity contribution is -0.204. The molecule has 0 radical (unpaired) electrons. The average molecular weight is 431 g/mol. The van der Waals surface area contributed by atoms with Crippen LogP contribution in [0.1, 0.15) is 57.6 Å². The van der Waals surface area contributed by atoms with E-state index in [9.17, 15) is 5.26 Å². The molecule has 32 heavy (non-hydrogen) atoms. The summed E-state index contributed by atoms with van der Waals surface area (Å²) < 4.78 is 6.74. The molecule has 2 spiro atoms. The Morgan fingerprint density at radius 3 is 2.62 bits per heavy atom. The van der Waals surface area contributed by atoms with Gasteiger partial charge in [-0.2, -0.15) is 5.26 Å². The fourth-order valence-electron chi connectivity index (χ4n) is 5.49. The maximum absolute atomic E-state index is 9.30. The zero-order valence-electron chi connectivity index (χ0n) is 19.2. The molecule has 0 saturated heterocycles. The van der Waals surface area contributed by atoms with Gasteiger partial charge in [-0.1, -0.05) is 39.0 Å². The first kappa shape index (κ1) is 20.8. The molecule has 6 heteroatoms. The van der Waals surface area contributed by atoms with E-state index < -0.39 is 5.72 Å². The minimum absolute atomic E-state index is 0.228. The summed E-state index contributed by atoms with van der Waals surface area (Å²) in [6, 6.07) is 16.0. The standard InChI is InChI=1S/C26H30N4O2/c1-24(2,3)20-10-11-25(14-20)16-26(29-23(28)30(4)32-26)21-13-19(8-9-22(21)31-25)18-7-5-6-17(12-18)15-27/h5-9,12-13,20H,10-11,14,16H2,1-4H3,(H2,28,29)/t20?,25-,26+/m0/s1. The summed E-state index contributed by atoms with van der Waals surface area (Å²) >= 11 is 0. The van der Waals surface area contributed by atoms with E-state index in [-0.39, 0.29) is 11.0 Å². The molecule has 1 aliphatic carbocycles. The van der Waals surface area contributed by atoms with E-state index in [0.29, 0.717) is 23.9 Å². The van der Waals surface area contributed by atoms with E-state index in [4.69, 9.17) is 20.3 Å². The highest BCUT2D eigenvalue weighted by Gasteiger charge is 2.57. The van der Waals surface area contributed by atoms with Crippen LogP contribution in [0.25, 0.3) is 11.1 Å². The van der Waals surface area contributed by atoms with Gasteiger partial charge in [0.25, 0.3) is 0 Å². The SMILES string of the molecule is CN1O[C@@]2(C[C@@]3(CCC(C(C)(C)C)C3)Oc3ccc(-c4cccc(C#N)c4)cc32)N=C1N. The molecule has 1 unspecified atom stereocenters. The van der Waals surface area contributed by atoms with E-state index in [2.05, 4.69) is 32.9 Å². The maximum atomic E-state index is 9.30. The zero-order valence-corrected chi connectivity index (χ0v) is 19.2. The van der Waals surface area contributed by atoms with Crippen molar-refractivity contribution in [2.75, 3.05) is 7.05 Å². The van der Waals surface area contributed by atoms with Crippen LogP contribution in [0.3, 0.4) is 0 Å². The van der Waals surface area contributed by atoms with E-state index in [1.807, 2.05) is 36.4 Å². The first-order valence-corrected chi connectivity index (χ1v) is 11.3. The maximum Gasteiger partial charge on any atom is 0.222 e. The van der Waals surface area contributed by atoms with Crippen LogP contribution in [0.4, 0.5) is 0 Å². The number of nitrogens with two attached hydrogens (primary N) is 1. The summed E-state index contributed by atoms with van der Waals surface area (Å²) in [4.78, 5) is 11.2. The van der Waals surface area contributed by atoms with Gasteiger partial charge in [0.05, 0.1) is 17.2 Å². The summed E-state index contributed by atoms with van der Waals surface area (Å²) in [5.74, 6) is 1.75. The van der Waals surface area contributed by atoms with Crippen LogP contribution in [0.5, 0.6) is 5.75 Å². The van der Waals surface area contributed by atoms with Gasteiger partial charge in [0, 0.05) is 13.5 Å². The number of rotatable bonds is 1. The number of hydrogen-bond donors (Lipinski definition) is 1. The zero-order chi connectivity index (χ0) is 22.7. The lowest BCUT2D eigenvalue weighted by Gasteiger charge is -2.44. The molecule has 2 N–H and O–H groups in total. The van der Waals surface area contributed by atoms with Crippen LogP contribution in [0, 0.1) is 22.7 Å². The van der Waals surface area contributed by atoms with Crippen LogP contribution >= 0.6 is 0 Å². The Bertz CT molecular complexity index is 1150. The topological polar surface area (TPSA) is 83.9 Å². The number of fused-ring (bicyclic) bond motifs is 2. The van der Waals surface area contributed by atoms with Gasteiger partial charge in [-0.25, -0.2) is 14.9 Å². The molecule has 2 aromatic rings. The normalized spacial score (nSPS) is 29.0. The highest BCUT2D eigenvalue weighted by Crippen LogP contribution is 2.57. The third-order valence-electron chi connectivity index (χ3n) is 7.31. The molecule has 5 rings (SSSR count). The summed E-state index contributed by atoms with van der Waals surface area (Å²) in [5.41, 5.74) is 8.67. The molecule has 2 aliphatic heterocycles. The molecule has 166 valence electrons. The third-order valence-corrected chi connectivity index (χ3v) is 7.31. The summed E-state index contributed by atoms with van der Waals surface area (Å²) in [6.07, 6.45) is 3.71. The van der Waals surface area contributed by atoms with Crippen LogP contribution < -0.4 is 10.5 Å². The van der Waals surface area contributed by atoms with Crippen molar-refractivity contribution in [2.24, 2.45) is 22.1 Å². The van der Waals surface area contributed by atoms with Crippen LogP contribution in [0.15, 0.2) is 47.5 Å². The Morgan fingerprint density at radius 2 is 1.97 bits per heavy atom. The van der Waals surface area contributed by atoms with Crippen molar-refractivity contribution in [2.45, 2.75) is 57.8 Å². The quantitative estimate of drug-likeness (QED) is 0.693. The fourth-order valence-corrected chi connectivity index (χ4v) is 5.49. The Kier molecular flexibility index (Phi) is 4.55. The summed E-state index contributed by atoms with van der Waals surface area (Å²) in [7, 11) is 1.79. The van der Waals surface area contributed by atoms with E-state index in [0.717, 1.165) is 41.7 Å². The number of aliphatic imine (C=N–C) groups is 1. The van der Waals surface area contributed by atoms with Gasteiger partial charge in [-0.15, -0.1) is 0 Å². The predicted octanol–water partition coefficient (Wildman–Crippen LogP) is 4.94. The van der Waals surface area contributed by atoms with Crippen molar-refractivity contribution < 1.29 is 9.57 Å². The third kappa shape index (κ3) is 3.32. The minimum Gasteiger partial charge on any atom is -0.487 e. The van der Waals surface area contributed by atoms with Gasteiger partial charge in [-0.05, 0) is 66.0 Å². The number of hydroxylamine groups is 2. The summed E-state index contributed by atoms with van der Waals surface area (Å²) in [5, 5.41) is 10.9. The van der Waals surface area contributed by atoms with Crippen molar-refractivity contribution in [3.63, 3.8) is 0 Å². The number of hydrogen-bond acceptors (Lipinski definition) is 6. The Labute approximate surface area is 189 Å². The van der Waals surface area contributed by atoms with Crippen molar-refractivity contribution in [3.05, 3.63) is 53.6 Å². The van der Waals surface area contributed by atoms with Gasteiger partial charge in [0.2, 0.25) is 11.7 Å². The molecule has 0 aromatic heterocycles. The van der Waals surface area contributed by atoms with Crippen molar-refractivity contribution >= 4 is 5.96 Å². The van der Waals surface area contributed by atoms with Crippen LogP contribution in [0.2, 0.25) is 0 Å². The molecule has 0 bridgehead atoms. The van der Waals surface area contributed by atoms with E-state index in [1.165, 1.54) is 0 Å². The highest BCUT2D eigenvalue weighted by atomic mass is 16.7. The van der Waals surface area contributed by atoms with Crippen LogP contribution in [-0.2, 0) is 10.6 Å². The van der Waals surface area contributed by atoms with Gasteiger partial charge >= 0.3 is 0 Å². The first-order valence-electron chi connectivity index (χ1n) is 11.3. The second-order valence-electron chi connectivity index (χ2n) is 10.5. The first-order chi connectivity index (χ1) is 15.1. The number of nitriles is 1. The highest BCUT2D eigenvalue weighted by molar-refractivity contribution is 5.79. The number of nitrogens with zero attached hydrogens (tertiary/aromatic N) is 3.